The van der Waals surface area contributed by atoms with Gasteiger partial charge in [0.2, 0.25) is 0 Å². The highest BCUT2D eigenvalue weighted by Crippen LogP contribution is 2.11. The summed E-state index contributed by atoms with van der Waals surface area (Å²) in [6, 6.07) is 1.69. The van der Waals surface area contributed by atoms with Crippen LogP contribution in [0.1, 0.15) is 18.5 Å². The Kier molecular flexibility index (Phi) is 3.02. The van der Waals surface area contributed by atoms with E-state index in [0.717, 1.165) is 6.54 Å². The van der Waals surface area contributed by atoms with Crippen LogP contribution >= 0.6 is 0 Å². The predicted molar refractivity (Wildman–Crippen MR) is 47.3 cm³/mol. The number of aryl methyl sites for hydroxylation is 1. The highest BCUT2D eigenvalue weighted by atomic mass is 16.4. The minimum absolute atomic E-state index is 0.0794. The van der Waals surface area contributed by atoms with Gasteiger partial charge in [-0.2, -0.15) is 5.10 Å². The van der Waals surface area contributed by atoms with Gasteiger partial charge in [-0.05, 0) is 13.0 Å². The molecule has 0 aromatic carbocycles. The zero-order chi connectivity index (χ0) is 9.84. The number of aliphatic carboxylic acids is 1. The zero-order valence-corrected chi connectivity index (χ0v) is 7.47. The summed E-state index contributed by atoms with van der Waals surface area (Å²) in [5, 5.41) is 12.9. The molecule has 0 fully saturated rings. The lowest BCUT2D eigenvalue weighted by molar-refractivity contribution is -0.138. The maximum atomic E-state index is 10.7. The van der Waals surface area contributed by atoms with Crippen molar-refractivity contribution in [3.63, 3.8) is 0 Å². The van der Waals surface area contributed by atoms with Gasteiger partial charge in [0.15, 0.2) is 0 Å². The fourth-order valence-corrected chi connectivity index (χ4v) is 1.09. The maximum absolute atomic E-state index is 10.7. The van der Waals surface area contributed by atoms with Crippen LogP contribution in [0.4, 0.5) is 0 Å². The second-order valence-corrected chi connectivity index (χ2v) is 2.72. The Morgan fingerprint density at radius 1 is 1.85 bits per heavy atom. The third-order valence-corrected chi connectivity index (χ3v) is 1.88. The molecule has 0 saturated heterocycles. The second-order valence-electron chi connectivity index (χ2n) is 2.72. The minimum atomic E-state index is -0.927. The number of aromatic nitrogens is 2. The summed E-state index contributed by atoms with van der Waals surface area (Å²) < 4.78 is 1.68. The van der Waals surface area contributed by atoms with Crippen molar-refractivity contribution in [1.82, 2.24) is 9.78 Å². The average molecular weight is 183 g/mol. The smallest absolute Gasteiger partial charge is 0.313 e. The molecule has 1 aromatic rings. The molecular formula is C8H13N3O2. The van der Waals surface area contributed by atoms with E-state index in [1.54, 1.807) is 16.9 Å². The molecule has 3 N–H and O–H groups in total. The summed E-state index contributed by atoms with van der Waals surface area (Å²) in [5.41, 5.74) is 5.85. The van der Waals surface area contributed by atoms with Crippen LogP contribution < -0.4 is 5.73 Å². The van der Waals surface area contributed by atoms with Crippen LogP contribution in [-0.2, 0) is 11.3 Å². The lowest BCUT2D eigenvalue weighted by Crippen LogP contribution is -2.21. The number of hydrogen-bond acceptors (Lipinski definition) is 3. The second kappa shape index (κ2) is 4.04. The van der Waals surface area contributed by atoms with E-state index < -0.39 is 11.9 Å². The summed E-state index contributed by atoms with van der Waals surface area (Å²) in [5.74, 6) is -1.61. The minimum Gasteiger partial charge on any atom is -0.481 e. The van der Waals surface area contributed by atoms with Crippen LogP contribution in [-0.4, -0.2) is 27.4 Å². The van der Waals surface area contributed by atoms with Crippen molar-refractivity contribution in [1.29, 1.82) is 0 Å². The molecule has 5 nitrogen and oxygen atoms in total. The highest BCUT2D eigenvalue weighted by Gasteiger charge is 2.20. The van der Waals surface area contributed by atoms with Crippen molar-refractivity contribution < 1.29 is 9.90 Å². The van der Waals surface area contributed by atoms with E-state index in [9.17, 15) is 4.79 Å². The predicted octanol–water partition coefficient (Wildman–Crippen LogP) is 0.0299. The summed E-state index contributed by atoms with van der Waals surface area (Å²) >= 11 is 0. The SMILES string of the molecule is CCn1ccc(C(CN)C(=O)O)n1. The van der Waals surface area contributed by atoms with Crippen molar-refractivity contribution in [2.75, 3.05) is 6.54 Å². The molecule has 0 aliphatic heterocycles. The van der Waals surface area contributed by atoms with Crippen LogP contribution in [0.2, 0.25) is 0 Å². The fourth-order valence-electron chi connectivity index (χ4n) is 1.09. The summed E-state index contributed by atoms with van der Waals surface area (Å²) in [6.45, 7) is 2.75. The molecule has 5 heteroatoms. The van der Waals surface area contributed by atoms with E-state index in [4.69, 9.17) is 10.8 Å². The molecule has 1 atom stereocenters. The number of carboxylic acid groups (broad SMARTS) is 1. The zero-order valence-electron chi connectivity index (χ0n) is 7.47. The van der Waals surface area contributed by atoms with Crippen molar-refractivity contribution >= 4 is 5.97 Å². The van der Waals surface area contributed by atoms with Gasteiger partial charge in [0.1, 0.15) is 5.92 Å². The first-order valence-electron chi connectivity index (χ1n) is 4.15. The van der Waals surface area contributed by atoms with Gasteiger partial charge in [-0.25, -0.2) is 0 Å². The van der Waals surface area contributed by atoms with E-state index in [1.165, 1.54) is 0 Å². The first kappa shape index (κ1) is 9.73. The largest absolute Gasteiger partial charge is 0.481 e. The van der Waals surface area contributed by atoms with Crippen molar-refractivity contribution in [2.24, 2.45) is 5.73 Å². The lowest BCUT2D eigenvalue weighted by Gasteiger charge is -2.04. The number of hydrogen-bond donors (Lipinski definition) is 2. The van der Waals surface area contributed by atoms with Crippen LogP contribution in [0.15, 0.2) is 12.3 Å². The Bertz CT molecular complexity index is 295. The molecule has 0 spiro atoms. The molecule has 0 radical (unpaired) electrons. The molecule has 0 saturated carbocycles. The Hall–Kier alpha value is -1.36. The first-order valence-corrected chi connectivity index (χ1v) is 4.15. The number of rotatable bonds is 4. The molecule has 0 aliphatic carbocycles. The van der Waals surface area contributed by atoms with Crippen molar-refractivity contribution in [2.45, 2.75) is 19.4 Å². The quantitative estimate of drug-likeness (QED) is 0.690. The Morgan fingerprint density at radius 2 is 2.54 bits per heavy atom. The number of nitrogens with zero attached hydrogens (tertiary/aromatic N) is 2. The number of carbonyl (C=O) groups is 1. The molecule has 0 aliphatic rings. The van der Waals surface area contributed by atoms with Gasteiger partial charge < -0.3 is 10.8 Å². The van der Waals surface area contributed by atoms with E-state index in [0.29, 0.717) is 5.69 Å². The van der Waals surface area contributed by atoms with Gasteiger partial charge in [0.25, 0.3) is 0 Å². The maximum Gasteiger partial charge on any atom is 0.313 e. The molecule has 1 unspecified atom stereocenters. The molecule has 72 valence electrons. The molecule has 1 heterocycles. The monoisotopic (exact) mass is 183 g/mol. The van der Waals surface area contributed by atoms with Crippen LogP contribution in [0.25, 0.3) is 0 Å². The highest BCUT2D eigenvalue weighted by molar-refractivity contribution is 5.75. The van der Waals surface area contributed by atoms with Crippen molar-refractivity contribution in [3.05, 3.63) is 18.0 Å². The fraction of sp³-hybridized carbons (Fsp3) is 0.500. The van der Waals surface area contributed by atoms with Crippen LogP contribution in [0.3, 0.4) is 0 Å². The van der Waals surface area contributed by atoms with Crippen LogP contribution in [0, 0.1) is 0 Å². The lowest BCUT2D eigenvalue weighted by atomic mass is 10.1. The number of carboxylic acids is 1. The third-order valence-electron chi connectivity index (χ3n) is 1.88. The molecule has 0 amide bonds. The summed E-state index contributed by atoms with van der Waals surface area (Å²) in [6.07, 6.45) is 1.75. The molecular weight excluding hydrogens is 170 g/mol. The normalized spacial score (nSPS) is 12.8. The van der Waals surface area contributed by atoms with Crippen molar-refractivity contribution in [3.8, 4) is 0 Å². The van der Waals surface area contributed by atoms with Gasteiger partial charge in [-0.15, -0.1) is 0 Å². The average Bonchev–Trinajstić information content (AvgIpc) is 2.53. The molecule has 1 aromatic heterocycles. The van der Waals surface area contributed by atoms with E-state index in [1.807, 2.05) is 6.92 Å². The topological polar surface area (TPSA) is 81.1 Å². The van der Waals surface area contributed by atoms with E-state index >= 15 is 0 Å². The van der Waals surface area contributed by atoms with E-state index in [-0.39, 0.29) is 6.54 Å². The van der Waals surface area contributed by atoms with Gasteiger partial charge in [0, 0.05) is 19.3 Å². The summed E-state index contributed by atoms with van der Waals surface area (Å²) in [7, 11) is 0. The van der Waals surface area contributed by atoms with Gasteiger partial charge in [0.05, 0.1) is 5.69 Å². The Labute approximate surface area is 76.2 Å². The van der Waals surface area contributed by atoms with Gasteiger partial charge >= 0.3 is 5.97 Å². The van der Waals surface area contributed by atoms with E-state index in [2.05, 4.69) is 5.10 Å². The Morgan fingerprint density at radius 3 is 2.92 bits per heavy atom. The Balaban J connectivity index is 2.85. The first-order chi connectivity index (χ1) is 6.19. The van der Waals surface area contributed by atoms with Gasteiger partial charge in [-0.1, -0.05) is 0 Å². The third kappa shape index (κ3) is 2.06. The molecule has 1 rings (SSSR count). The molecule has 13 heavy (non-hydrogen) atoms. The van der Waals surface area contributed by atoms with Gasteiger partial charge in [-0.3, -0.25) is 9.48 Å². The summed E-state index contributed by atoms with van der Waals surface area (Å²) in [4.78, 5) is 10.7. The number of nitrogens with two attached hydrogens (primary N) is 1. The molecule has 0 bridgehead atoms. The standard InChI is InChI=1S/C8H13N3O2/c1-2-11-4-3-7(10-11)6(5-9)8(12)13/h3-4,6H,2,5,9H2,1H3,(H,12,13). The van der Waals surface area contributed by atoms with Crippen LogP contribution in [0.5, 0.6) is 0 Å².